The molecule has 2 aromatic heterocycles. The first-order valence-electron chi connectivity index (χ1n) is 6.91. The van der Waals surface area contributed by atoms with Crippen LogP contribution in [0.2, 0.25) is 0 Å². The van der Waals surface area contributed by atoms with Gasteiger partial charge in [0, 0.05) is 11.6 Å². The minimum atomic E-state index is 0.565. The molecule has 0 aromatic carbocycles. The smallest absolute Gasteiger partial charge is 0.287 e. The molecule has 2 aromatic rings. The van der Waals surface area contributed by atoms with Crippen LogP contribution in [0.1, 0.15) is 25.1 Å². The zero-order chi connectivity index (χ0) is 12.7. The number of thiazole rings is 1. The summed E-state index contributed by atoms with van der Waals surface area (Å²) in [4.78, 5) is 8.72. The van der Waals surface area contributed by atoms with Gasteiger partial charge in [-0.05, 0) is 25.2 Å². The van der Waals surface area contributed by atoms with Crippen LogP contribution in [-0.2, 0) is 6.54 Å². The van der Waals surface area contributed by atoms with E-state index < -0.39 is 0 Å². The van der Waals surface area contributed by atoms with Gasteiger partial charge in [0.15, 0.2) is 5.01 Å². The Balaban J connectivity index is 1.54. The Morgan fingerprint density at radius 1 is 1.26 bits per heavy atom. The van der Waals surface area contributed by atoms with Crippen molar-refractivity contribution in [3.63, 3.8) is 0 Å². The summed E-state index contributed by atoms with van der Waals surface area (Å²) in [6.07, 6.45) is 5.88. The highest BCUT2D eigenvalue weighted by molar-refractivity contribution is 7.12. The molecule has 0 radical (unpaired) electrons. The van der Waals surface area contributed by atoms with Crippen LogP contribution in [-0.4, -0.2) is 39.2 Å². The molecule has 3 fully saturated rings. The van der Waals surface area contributed by atoms with Crippen molar-refractivity contribution in [2.24, 2.45) is 5.92 Å². The third-order valence-corrected chi connectivity index (χ3v) is 5.36. The second-order valence-electron chi connectivity index (χ2n) is 5.76. The van der Waals surface area contributed by atoms with Crippen molar-refractivity contribution in [2.75, 3.05) is 19.6 Å². The maximum absolute atomic E-state index is 5.33. The lowest BCUT2D eigenvalue weighted by Gasteiger charge is -2.48. The number of hydrogen-bond acceptors (Lipinski definition) is 5. The fraction of sp³-hybridized carbons (Fsp3) is 0.615. The van der Waals surface area contributed by atoms with Gasteiger partial charge in [0.25, 0.3) is 5.89 Å². The predicted molar refractivity (Wildman–Crippen MR) is 71.3 cm³/mol. The van der Waals surface area contributed by atoms with Gasteiger partial charge in [-0.3, -0.25) is 0 Å². The van der Waals surface area contributed by atoms with Crippen LogP contribution >= 0.6 is 11.3 Å². The molecule has 0 aliphatic carbocycles. The van der Waals surface area contributed by atoms with Gasteiger partial charge in [0.2, 0.25) is 5.82 Å². The molecule has 0 amide bonds. The summed E-state index contributed by atoms with van der Waals surface area (Å²) < 4.78 is 6.49. The number of piperidine rings is 3. The van der Waals surface area contributed by atoms with E-state index in [-0.39, 0.29) is 0 Å². The molecule has 3 aliphatic heterocycles. The van der Waals surface area contributed by atoms with Crippen LogP contribution in [0, 0.1) is 5.92 Å². The van der Waals surface area contributed by atoms with E-state index in [1.165, 1.54) is 50.2 Å². The average Bonchev–Trinajstić information content (AvgIpc) is 3.11. The molecule has 2 bridgehead atoms. The third kappa shape index (κ3) is 2.08. The largest absolute Gasteiger partial charge is 0.331 e. The topological polar surface area (TPSA) is 51.8 Å². The lowest BCUT2D eigenvalue weighted by molar-refractivity contribution is -0.955. The molecule has 0 unspecified atom stereocenters. The third-order valence-electron chi connectivity index (χ3n) is 4.60. The fourth-order valence-corrected chi connectivity index (χ4v) is 3.97. The summed E-state index contributed by atoms with van der Waals surface area (Å²) in [5, 5.41) is 6.88. The highest BCUT2D eigenvalue weighted by Gasteiger charge is 2.40. The molecule has 100 valence electrons. The van der Waals surface area contributed by atoms with Crippen molar-refractivity contribution in [2.45, 2.75) is 25.8 Å². The monoisotopic (exact) mass is 277 g/mol. The Hall–Kier alpha value is -1.27. The molecule has 5 rings (SSSR count). The molecule has 3 aliphatic rings. The SMILES string of the molecule is c1csc(-c2nc(C[N+]34CCC(CC3)CC4)no2)n1. The van der Waals surface area contributed by atoms with Gasteiger partial charge < -0.3 is 9.01 Å². The first-order valence-corrected chi connectivity index (χ1v) is 7.79. The maximum atomic E-state index is 5.33. The second kappa shape index (κ2) is 4.38. The van der Waals surface area contributed by atoms with Crippen molar-refractivity contribution in [1.29, 1.82) is 0 Å². The molecule has 3 saturated heterocycles. The van der Waals surface area contributed by atoms with E-state index in [1.807, 2.05) is 5.38 Å². The summed E-state index contributed by atoms with van der Waals surface area (Å²) in [7, 11) is 0. The fourth-order valence-electron chi connectivity index (χ4n) is 3.41. The number of fused-ring (bicyclic) bond motifs is 3. The van der Waals surface area contributed by atoms with Crippen molar-refractivity contribution >= 4 is 11.3 Å². The van der Waals surface area contributed by atoms with Crippen molar-refractivity contribution in [3.05, 3.63) is 17.4 Å². The van der Waals surface area contributed by atoms with Gasteiger partial charge in [0.1, 0.15) is 6.54 Å². The molecule has 19 heavy (non-hydrogen) atoms. The Morgan fingerprint density at radius 2 is 2.05 bits per heavy atom. The number of hydrogen-bond donors (Lipinski definition) is 0. The average molecular weight is 277 g/mol. The van der Waals surface area contributed by atoms with Gasteiger partial charge in [-0.25, -0.2) is 4.98 Å². The van der Waals surface area contributed by atoms with Gasteiger partial charge in [-0.2, -0.15) is 4.98 Å². The standard InChI is InChI=1S/C13H17N4OS/c1-5-17(6-2-10(1)3-7-17)9-11-15-12(18-16-11)13-14-4-8-19-13/h4,8,10H,1-3,5-7,9H2/q+1. The Bertz CT molecular complexity index is 543. The van der Waals surface area contributed by atoms with Crippen LogP contribution in [0.15, 0.2) is 16.1 Å². The van der Waals surface area contributed by atoms with E-state index in [0.29, 0.717) is 5.89 Å². The van der Waals surface area contributed by atoms with Gasteiger partial charge in [0.05, 0.1) is 19.6 Å². The number of rotatable bonds is 3. The molecular weight excluding hydrogens is 260 g/mol. The van der Waals surface area contributed by atoms with Gasteiger partial charge in [-0.15, -0.1) is 11.3 Å². The zero-order valence-corrected chi connectivity index (χ0v) is 11.6. The molecule has 5 nitrogen and oxygen atoms in total. The summed E-state index contributed by atoms with van der Waals surface area (Å²) >= 11 is 1.54. The minimum absolute atomic E-state index is 0.565. The van der Waals surface area contributed by atoms with Gasteiger partial charge in [-0.1, -0.05) is 5.16 Å². The first-order chi connectivity index (χ1) is 9.33. The van der Waals surface area contributed by atoms with Crippen molar-refractivity contribution in [1.82, 2.24) is 15.1 Å². The zero-order valence-electron chi connectivity index (χ0n) is 10.8. The van der Waals surface area contributed by atoms with Crippen LogP contribution in [0.4, 0.5) is 0 Å². The first kappa shape index (κ1) is 11.5. The highest BCUT2D eigenvalue weighted by atomic mass is 32.1. The molecule has 0 N–H and O–H groups in total. The quantitative estimate of drug-likeness (QED) is 0.808. The molecule has 6 heteroatoms. The van der Waals surface area contributed by atoms with Gasteiger partial charge >= 0.3 is 0 Å². The lowest BCUT2D eigenvalue weighted by Crippen LogP contribution is -2.57. The Morgan fingerprint density at radius 3 is 2.74 bits per heavy atom. The lowest BCUT2D eigenvalue weighted by atomic mass is 9.86. The van der Waals surface area contributed by atoms with Crippen molar-refractivity contribution in [3.8, 4) is 10.9 Å². The van der Waals surface area contributed by atoms with Crippen LogP contribution in [0.3, 0.4) is 0 Å². The van der Waals surface area contributed by atoms with E-state index >= 15 is 0 Å². The summed E-state index contributed by atoms with van der Waals surface area (Å²) in [5.74, 6) is 2.39. The normalized spacial score (nSPS) is 29.8. The highest BCUT2D eigenvalue weighted by Crippen LogP contribution is 2.34. The summed E-state index contributed by atoms with van der Waals surface area (Å²) in [5.41, 5.74) is 0. The van der Waals surface area contributed by atoms with Crippen LogP contribution in [0.25, 0.3) is 10.9 Å². The summed E-state index contributed by atoms with van der Waals surface area (Å²) in [6.45, 7) is 4.77. The van der Waals surface area contributed by atoms with E-state index in [2.05, 4.69) is 15.1 Å². The van der Waals surface area contributed by atoms with Crippen LogP contribution in [0.5, 0.6) is 0 Å². The maximum Gasteiger partial charge on any atom is 0.287 e. The molecular formula is C13H17N4OS+. The number of nitrogens with zero attached hydrogens (tertiary/aromatic N) is 4. The van der Waals surface area contributed by atoms with Crippen LogP contribution < -0.4 is 0 Å². The van der Waals surface area contributed by atoms with E-state index in [1.54, 1.807) is 6.20 Å². The molecule has 0 atom stereocenters. The second-order valence-corrected chi connectivity index (χ2v) is 6.65. The Labute approximate surface area is 115 Å². The van der Waals surface area contributed by atoms with Crippen molar-refractivity contribution < 1.29 is 9.01 Å². The van der Waals surface area contributed by atoms with E-state index in [0.717, 1.165) is 27.8 Å². The minimum Gasteiger partial charge on any atom is -0.331 e. The predicted octanol–water partition coefficient (Wildman–Crippen LogP) is 2.32. The molecule has 5 heterocycles. The number of aromatic nitrogens is 3. The van der Waals surface area contributed by atoms with E-state index in [9.17, 15) is 0 Å². The Kier molecular flexibility index (Phi) is 2.66. The number of quaternary nitrogens is 1. The molecule has 0 saturated carbocycles. The van der Waals surface area contributed by atoms with E-state index in [4.69, 9.17) is 4.52 Å². The molecule has 0 spiro atoms. The summed E-state index contributed by atoms with van der Waals surface area (Å²) in [6, 6.07) is 0.